The molecular formula is C34H38N2O10. The van der Waals surface area contributed by atoms with Crippen LogP contribution >= 0.6 is 0 Å². The number of β-lactam (4-membered cyclic amide) rings is 2. The second kappa shape index (κ2) is 12.6. The molecule has 5 aliphatic rings. The van der Waals surface area contributed by atoms with E-state index >= 15 is 0 Å². The van der Waals surface area contributed by atoms with Gasteiger partial charge in [0.1, 0.15) is 42.6 Å². The van der Waals surface area contributed by atoms with Gasteiger partial charge in [0, 0.05) is 0 Å². The molecule has 0 aromatic heterocycles. The third-order valence-corrected chi connectivity index (χ3v) is 8.53. The maximum Gasteiger partial charge on any atom is 0.249 e. The van der Waals surface area contributed by atoms with E-state index in [0.29, 0.717) is 0 Å². The molecule has 0 bridgehead atoms. The largest absolute Gasteiger partial charge is 0.387 e. The zero-order valence-electron chi connectivity index (χ0n) is 24.8. The number of ether oxygens (including phenoxy) is 2. The molecule has 2 aliphatic carbocycles. The zero-order valence-corrected chi connectivity index (χ0v) is 24.8. The summed E-state index contributed by atoms with van der Waals surface area (Å²) < 4.78 is 11.7. The van der Waals surface area contributed by atoms with E-state index < -0.39 is 47.1 Å². The molecule has 3 saturated heterocycles. The summed E-state index contributed by atoms with van der Waals surface area (Å²) in [6.45, 7) is 3.97. The van der Waals surface area contributed by atoms with Crippen molar-refractivity contribution in [1.82, 2.24) is 10.1 Å². The Bertz CT molecular complexity index is 1540. The molecule has 7 rings (SSSR count). The SMILES string of the molecule is C.CC1(C)O[C@@H]2C(=O)C=C[C@]3(CC(=O)N3OCc3ccccc3)[C@@H]2O1.O=C1C=C[C@]2(CC(=O)N2OCc2ccccc2)[C@H](O)[C@@H]1O. The van der Waals surface area contributed by atoms with E-state index in [2.05, 4.69) is 0 Å². The van der Waals surface area contributed by atoms with E-state index in [1.54, 1.807) is 19.9 Å². The summed E-state index contributed by atoms with van der Waals surface area (Å²) >= 11 is 0. The highest BCUT2D eigenvalue weighted by molar-refractivity contribution is 5.98. The van der Waals surface area contributed by atoms with Crippen molar-refractivity contribution in [2.24, 2.45) is 0 Å². The number of carbonyl (C=O) groups is 4. The maximum atomic E-state index is 12.1. The Hall–Kier alpha value is -4.04. The minimum Gasteiger partial charge on any atom is -0.387 e. The maximum absolute atomic E-state index is 12.1. The second-order valence-corrected chi connectivity index (χ2v) is 12.1. The van der Waals surface area contributed by atoms with Crippen LogP contribution in [0, 0.1) is 0 Å². The monoisotopic (exact) mass is 634 g/mol. The van der Waals surface area contributed by atoms with Crippen molar-refractivity contribution < 1.29 is 48.5 Å². The number of ketones is 2. The van der Waals surface area contributed by atoms with E-state index in [4.69, 9.17) is 19.1 Å². The topological polar surface area (TPSA) is 152 Å². The molecule has 2 aromatic rings. The Morgan fingerprint density at radius 3 is 1.76 bits per heavy atom. The third-order valence-electron chi connectivity index (χ3n) is 8.53. The highest BCUT2D eigenvalue weighted by atomic mass is 16.8. The van der Waals surface area contributed by atoms with Gasteiger partial charge in [0.05, 0.1) is 12.8 Å². The zero-order chi connectivity index (χ0) is 32.0. The minimum atomic E-state index is -1.54. The Balaban J connectivity index is 0.000000179. The third kappa shape index (κ3) is 5.83. The molecule has 2 N–H and O–H groups in total. The van der Waals surface area contributed by atoms with Crippen molar-refractivity contribution in [3.63, 3.8) is 0 Å². The summed E-state index contributed by atoms with van der Waals surface area (Å²) in [5, 5.41) is 22.2. The van der Waals surface area contributed by atoms with Crippen LogP contribution in [-0.4, -0.2) is 85.0 Å². The summed E-state index contributed by atoms with van der Waals surface area (Å²) in [6, 6.07) is 18.9. The van der Waals surface area contributed by atoms with Crippen molar-refractivity contribution in [2.45, 2.75) is 88.6 Å². The molecule has 0 saturated carbocycles. The number of amides is 2. The molecule has 244 valence electrons. The van der Waals surface area contributed by atoms with Gasteiger partial charge in [0.2, 0.25) is 11.8 Å². The minimum absolute atomic E-state index is 0. The van der Waals surface area contributed by atoms with Gasteiger partial charge in [0.25, 0.3) is 0 Å². The summed E-state index contributed by atoms with van der Waals surface area (Å²) in [7, 11) is 0. The predicted octanol–water partition coefficient (Wildman–Crippen LogP) is 2.33. The van der Waals surface area contributed by atoms with Crippen LogP contribution in [0.4, 0.5) is 0 Å². The van der Waals surface area contributed by atoms with Crippen LogP contribution in [-0.2, 0) is 51.5 Å². The molecule has 6 atom stereocenters. The fourth-order valence-electron chi connectivity index (χ4n) is 6.16. The predicted molar refractivity (Wildman–Crippen MR) is 162 cm³/mol. The molecule has 0 radical (unpaired) electrons. The molecule has 3 fully saturated rings. The van der Waals surface area contributed by atoms with Crippen LogP contribution < -0.4 is 0 Å². The van der Waals surface area contributed by atoms with Crippen LogP contribution in [0.5, 0.6) is 0 Å². The normalized spacial score (nSPS) is 32.0. The quantitative estimate of drug-likeness (QED) is 0.453. The van der Waals surface area contributed by atoms with Crippen LogP contribution in [0.15, 0.2) is 85.0 Å². The lowest BCUT2D eigenvalue weighted by atomic mass is 9.74. The first kappa shape index (κ1) is 33.3. The average Bonchev–Trinajstić information content (AvgIpc) is 3.36. The first-order valence-corrected chi connectivity index (χ1v) is 14.6. The Morgan fingerprint density at radius 2 is 1.22 bits per heavy atom. The Morgan fingerprint density at radius 1 is 0.739 bits per heavy atom. The van der Waals surface area contributed by atoms with E-state index in [1.165, 1.54) is 23.3 Å². The first-order chi connectivity index (χ1) is 21.5. The lowest BCUT2D eigenvalue weighted by molar-refractivity contribution is -0.275. The van der Waals surface area contributed by atoms with E-state index in [1.807, 2.05) is 60.7 Å². The van der Waals surface area contributed by atoms with Crippen molar-refractivity contribution in [1.29, 1.82) is 0 Å². The summed E-state index contributed by atoms with van der Waals surface area (Å²) in [6.07, 6.45) is 1.86. The standard InChI is InChI=1S/C18H19NO5.C15H15NO5.CH4/c1-17(2)23-15-13(20)8-9-18(16(15)24-17)10-14(21)19(18)22-11-12-6-4-3-5-7-12;17-11-6-7-15(14(20)13(11)19)8-12(18)16(15)21-9-10-4-2-1-3-5-10;/h3-9,15-16H,10-11H2,1-2H3;1-7,13-14,19-20H,8-9H2;1H4/t15-,16-,18+;13-,14-,15+;/m11./s1. The first-order valence-electron chi connectivity index (χ1n) is 14.6. The molecule has 3 heterocycles. The van der Waals surface area contributed by atoms with Gasteiger partial charge < -0.3 is 19.7 Å². The second-order valence-electron chi connectivity index (χ2n) is 12.1. The number of carbonyl (C=O) groups excluding carboxylic acids is 4. The van der Waals surface area contributed by atoms with Gasteiger partial charge in [-0.2, -0.15) is 0 Å². The molecule has 0 unspecified atom stereocenters. The number of hydrogen-bond acceptors (Lipinski definition) is 10. The summed E-state index contributed by atoms with van der Waals surface area (Å²) in [5.74, 6) is -2.00. The van der Waals surface area contributed by atoms with Gasteiger partial charge in [-0.15, -0.1) is 0 Å². The molecule has 3 aliphatic heterocycles. The van der Waals surface area contributed by atoms with Crippen LogP contribution in [0.25, 0.3) is 0 Å². The lowest BCUT2D eigenvalue weighted by Crippen LogP contribution is -2.71. The van der Waals surface area contributed by atoms with Gasteiger partial charge in [-0.25, -0.2) is 10.1 Å². The highest BCUT2D eigenvalue weighted by Gasteiger charge is 2.65. The van der Waals surface area contributed by atoms with Crippen LogP contribution in [0.2, 0.25) is 0 Å². The van der Waals surface area contributed by atoms with Crippen molar-refractivity contribution in [3.8, 4) is 0 Å². The number of rotatable bonds is 6. The molecule has 2 spiro atoms. The van der Waals surface area contributed by atoms with Gasteiger partial charge in [0.15, 0.2) is 23.5 Å². The number of nitrogens with zero attached hydrogens (tertiary/aromatic N) is 2. The van der Waals surface area contributed by atoms with Gasteiger partial charge in [-0.05, 0) is 49.3 Å². The van der Waals surface area contributed by atoms with Gasteiger partial charge in [-0.3, -0.25) is 28.9 Å². The van der Waals surface area contributed by atoms with Crippen molar-refractivity contribution in [2.75, 3.05) is 0 Å². The molecule has 12 nitrogen and oxygen atoms in total. The number of fused-ring (bicyclic) bond motifs is 2. The Kier molecular flexibility index (Phi) is 9.15. The van der Waals surface area contributed by atoms with Gasteiger partial charge in [-0.1, -0.05) is 68.1 Å². The van der Waals surface area contributed by atoms with Crippen LogP contribution in [0.1, 0.15) is 45.2 Å². The molecule has 12 heteroatoms. The Labute approximate surface area is 266 Å². The fourth-order valence-corrected chi connectivity index (χ4v) is 6.16. The van der Waals surface area contributed by atoms with E-state index in [9.17, 15) is 29.4 Å². The average molecular weight is 635 g/mol. The summed E-state index contributed by atoms with van der Waals surface area (Å²) in [4.78, 5) is 58.6. The van der Waals surface area contributed by atoms with Crippen LogP contribution in [0.3, 0.4) is 0 Å². The molecule has 46 heavy (non-hydrogen) atoms. The fraction of sp³-hybridized carbons (Fsp3) is 0.412. The molecular weight excluding hydrogens is 596 g/mol. The van der Waals surface area contributed by atoms with E-state index in [0.717, 1.165) is 16.2 Å². The van der Waals surface area contributed by atoms with Gasteiger partial charge >= 0.3 is 0 Å². The highest BCUT2D eigenvalue weighted by Crippen LogP contribution is 2.47. The number of hydrogen-bond donors (Lipinski definition) is 2. The summed E-state index contributed by atoms with van der Waals surface area (Å²) in [5.41, 5.74) is -0.0980. The number of hydroxylamine groups is 4. The molecule has 2 aromatic carbocycles. The lowest BCUT2D eigenvalue weighted by Gasteiger charge is -2.52. The smallest absolute Gasteiger partial charge is 0.249 e. The molecule has 2 amide bonds. The number of aliphatic hydroxyl groups excluding tert-OH is 2. The number of aliphatic hydroxyl groups is 2. The van der Waals surface area contributed by atoms with E-state index in [-0.39, 0.29) is 51.1 Å². The van der Waals surface area contributed by atoms with Crippen molar-refractivity contribution in [3.05, 3.63) is 96.1 Å². The number of benzene rings is 2. The van der Waals surface area contributed by atoms with Crippen molar-refractivity contribution >= 4 is 23.4 Å².